The van der Waals surface area contributed by atoms with Crippen molar-refractivity contribution in [2.75, 3.05) is 6.61 Å². The van der Waals surface area contributed by atoms with Crippen molar-refractivity contribution >= 4 is 11.6 Å². The largest absolute Gasteiger partial charge is 0.372 e. The lowest BCUT2D eigenvalue weighted by atomic mass is 9.97. The Morgan fingerprint density at radius 2 is 2.05 bits per heavy atom. The number of hydrazine groups is 1. The summed E-state index contributed by atoms with van der Waals surface area (Å²) in [5, 5.41) is 0.640. The summed E-state index contributed by atoms with van der Waals surface area (Å²) in [6, 6.07) is 11.9. The number of nitrogens with two attached hydrogens (primary N) is 1. The van der Waals surface area contributed by atoms with E-state index in [0.29, 0.717) is 18.1 Å². The van der Waals surface area contributed by atoms with Crippen molar-refractivity contribution in [3.8, 4) is 0 Å². The van der Waals surface area contributed by atoms with E-state index in [1.54, 1.807) is 12.4 Å². The van der Waals surface area contributed by atoms with Crippen molar-refractivity contribution in [1.82, 2.24) is 10.4 Å². The zero-order valence-electron chi connectivity index (χ0n) is 12.0. The fraction of sp³-hybridized carbons (Fsp3) is 0.312. The summed E-state index contributed by atoms with van der Waals surface area (Å²) in [5.41, 5.74) is 4.94. The summed E-state index contributed by atoms with van der Waals surface area (Å²) in [6.45, 7) is 2.59. The molecule has 0 spiro atoms. The molecule has 2 rings (SSSR count). The number of halogens is 1. The molecule has 21 heavy (non-hydrogen) atoms. The van der Waals surface area contributed by atoms with E-state index in [1.807, 2.05) is 43.3 Å². The third kappa shape index (κ3) is 4.25. The minimum atomic E-state index is -0.134. The zero-order chi connectivity index (χ0) is 15.1. The van der Waals surface area contributed by atoms with Gasteiger partial charge in [-0.3, -0.25) is 16.3 Å². The highest BCUT2D eigenvalue weighted by atomic mass is 35.5. The molecular formula is C16H20ClN3O. The summed E-state index contributed by atoms with van der Waals surface area (Å²) in [4.78, 5) is 4.00. The Hall–Kier alpha value is -1.46. The SMILES string of the molecule is CCOC(c1ccccc1)C(Cc1ccncc1Cl)NN. The smallest absolute Gasteiger partial charge is 0.0994 e. The van der Waals surface area contributed by atoms with Crippen molar-refractivity contribution in [2.24, 2.45) is 5.84 Å². The maximum Gasteiger partial charge on any atom is 0.0994 e. The van der Waals surface area contributed by atoms with Crippen LogP contribution in [0.5, 0.6) is 0 Å². The van der Waals surface area contributed by atoms with E-state index in [9.17, 15) is 0 Å². The number of ether oxygens (including phenoxy) is 1. The van der Waals surface area contributed by atoms with Gasteiger partial charge in [0.25, 0.3) is 0 Å². The second kappa shape index (κ2) is 8.10. The number of nitrogens with one attached hydrogen (secondary N) is 1. The summed E-state index contributed by atoms with van der Waals surface area (Å²) in [7, 11) is 0. The lowest BCUT2D eigenvalue weighted by Crippen LogP contribution is -2.42. The average molecular weight is 306 g/mol. The summed E-state index contributed by atoms with van der Waals surface area (Å²) in [6.07, 6.45) is 3.90. The topological polar surface area (TPSA) is 60.2 Å². The van der Waals surface area contributed by atoms with E-state index in [4.69, 9.17) is 22.2 Å². The quantitative estimate of drug-likeness (QED) is 0.610. The molecule has 0 saturated heterocycles. The molecule has 0 fully saturated rings. The van der Waals surface area contributed by atoms with Crippen molar-refractivity contribution in [2.45, 2.75) is 25.5 Å². The maximum atomic E-state index is 6.18. The molecule has 2 unspecified atom stereocenters. The Balaban J connectivity index is 2.22. The van der Waals surface area contributed by atoms with Crippen LogP contribution in [0.15, 0.2) is 48.8 Å². The third-order valence-electron chi connectivity index (χ3n) is 3.35. The number of pyridine rings is 1. The van der Waals surface area contributed by atoms with Gasteiger partial charge in [0.15, 0.2) is 0 Å². The van der Waals surface area contributed by atoms with Crippen LogP contribution in [0.4, 0.5) is 0 Å². The maximum absolute atomic E-state index is 6.18. The zero-order valence-corrected chi connectivity index (χ0v) is 12.8. The minimum absolute atomic E-state index is 0.0766. The van der Waals surface area contributed by atoms with Crippen LogP contribution >= 0.6 is 11.6 Å². The van der Waals surface area contributed by atoms with Crippen molar-refractivity contribution in [1.29, 1.82) is 0 Å². The molecule has 0 aliphatic heterocycles. The van der Waals surface area contributed by atoms with E-state index in [2.05, 4.69) is 10.4 Å². The monoisotopic (exact) mass is 305 g/mol. The first-order chi connectivity index (χ1) is 10.3. The van der Waals surface area contributed by atoms with Gasteiger partial charge < -0.3 is 4.74 Å². The standard InChI is InChI=1S/C16H20ClN3O/c1-2-21-16(12-6-4-3-5-7-12)15(20-18)10-13-8-9-19-11-14(13)17/h3-9,11,15-16,20H,2,10,18H2,1H3. The number of benzene rings is 1. The van der Waals surface area contributed by atoms with Gasteiger partial charge in [0.2, 0.25) is 0 Å². The molecule has 0 amide bonds. The van der Waals surface area contributed by atoms with Crippen LogP contribution in [-0.4, -0.2) is 17.6 Å². The van der Waals surface area contributed by atoms with Gasteiger partial charge in [-0.1, -0.05) is 41.9 Å². The number of nitrogens with zero attached hydrogens (tertiary/aromatic N) is 1. The van der Waals surface area contributed by atoms with Crippen molar-refractivity contribution < 1.29 is 4.74 Å². The Morgan fingerprint density at radius 1 is 1.29 bits per heavy atom. The molecule has 0 radical (unpaired) electrons. The lowest BCUT2D eigenvalue weighted by molar-refractivity contribution is 0.0332. The summed E-state index contributed by atoms with van der Waals surface area (Å²) in [5.74, 6) is 5.75. The van der Waals surface area contributed by atoms with E-state index in [1.165, 1.54) is 0 Å². The first kappa shape index (κ1) is 15.9. The molecule has 0 aliphatic rings. The van der Waals surface area contributed by atoms with Crippen LogP contribution in [0, 0.1) is 0 Å². The second-order valence-electron chi connectivity index (χ2n) is 4.73. The first-order valence-electron chi connectivity index (χ1n) is 6.97. The van der Waals surface area contributed by atoms with Crippen LogP contribution in [0.2, 0.25) is 5.02 Å². The molecule has 1 aromatic heterocycles. The fourth-order valence-corrected chi connectivity index (χ4v) is 2.52. The number of aromatic nitrogens is 1. The summed E-state index contributed by atoms with van der Waals surface area (Å²) < 4.78 is 5.89. The molecular weight excluding hydrogens is 286 g/mol. The van der Waals surface area contributed by atoms with E-state index in [0.717, 1.165) is 11.1 Å². The second-order valence-corrected chi connectivity index (χ2v) is 5.14. The van der Waals surface area contributed by atoms with Gasteiger partial charge in [-0.15, -0.1) is 0 Å². The molecule has 112 valence electrons. The predicted molar refractivity (Wildman–Crippen MR) is 84.9 cm³/mol. The average Bonchev–Trinajstić information content (AvgIpc) is 2.53. The Labute approximate surface area is 130 Å². The highest BCUT2D eigenvalue weighted by molar-refractivity contribution is 6.31. The molecule has 1 heterocycles. The van der Waals surface area contributed by atoms with E-state index >= 15 is 0 Å². The van der Waals surface area contributed by atoms with Crippen molar-refractivity contribution in [3.63, 3.8) is 0 Å². The molecule has 0 aliphatic carbocycles. The number of hydrogen-bond donors (Lipinski definition) is 2. The van der Waals surface area contributed by atoms with Gasteiger partial charge >= 0.3 is 0 Å². The summed E-state index contributed by atoms with van der Waals surface area (Å²) >= 11 is 6.18. The van der Waals surface area contributed by atoms with Crippen LogP contribution in [-0.2, 0) is 11.2 Å². The van der Waals surface area contributed by atoms with Gasteiger partial charge in [-0.25, -0.2) is 0 Å². The normalized spacial score (nSPS) is 13.9. The Bertz CT molecular complexity index is 550. The predicted octanol–water partition coefficient (Wildman–Crippen LogP) is 2.89. The number of rotatable bonds is 7. The minimum Gasteiger partial charge on any atom is -0.372 e. The van der Waals surface area contributed by atoms with Gasteiger partial charge in [0, 0.05) is 19.0 Å². The van der Waals surface area contributed by atoms with Gasteiger partial charge in [0.05, 0.1) is 17.2 Å². The molecule has 2 atom stereocenters. The molecule has 0 saturated carbocycles. The van der Waals surface area contributed by atoms with E-state index < -0.39 is 0 Å². The number of hydrogen-bond acceptors (Lipinski definition) is 4. The van der Waals surface area contributed by atoms with Gasteiger partial charge in [-0.05, 0) is 30.5 Å². The lowest BCUT2D eigenvalue weighted by Gasteiger charge is -2.27. The van der Waals surface area contributed by atoms with E-state index in [-0.39, 0.29) is 12.1 Å². The Kier molecular flexibility index (Phi) is 6.14. The molecule has 4 nitrogen and oxygen atoms in total. The highest BCUT2D eigenvalue weighted by Gasteiger charge is 2.23. The third-order valence-corrected chi connectivity index (χ3v) is 3.69. The fourth-order valence-electron chi connectivity index (χ4n) is 2.33. The molecule has 1 aromatic carbocycles. The van der Waals surface area contributed by atoms with Crippen LogP contribution in [0.1, 0.15) is 24.2 Å². The van der Waals surface area contributed by atoms with Gasteiger partial charge in [0.1, 0.15) is 0 Å². The van der Waals surface area contributed by atoms with Crippen LogP contribution in [0.25, 0.3) is 0 Å². The molecule has 5 heteroatoms. The van der Waals surface area contributed by atoms with Crippen LogP contribution in [0.3, 0.4) is 0 Å². The van der Waals surface area contributed by atoms with Gasteiger partial charge in [-0.2, -0.15) is 0 Å². The molecule has 0 bridgehead atoms. The highest BCUT2D eigenvalue weighted by Crippen LogP contribution is 2.25. The van der Waals surface area contributed by atoms with Crippen LogP contribution < -0.4 is 11.3 Å². The Morgan fingerprint density at radius 3 is 2.67 bits per heavy atom. The van der Waals surface area contributed by atoms with Crippen molar-refractivity contribution in [3.05, 3.63) is 64.9 Å². The molecule has 3 N–H and O–H groups in total. The molecule has 2 aromatic rings. The first-order valence-corrected chi connectivity index (χ1v) is 7.35.